The molecule has 3 rings (SSSR count). The van der Waals surface area contributed by atoms with Crippen molar-refractivity contribution < 1.29 is 14.8 Å². The molecule has 1 aromatic heterocycles. The number of aromatic nitrogens is 1. The summed E-state index contributed by atoms with van der Waals surface area (Å²) in [5.74, 6) is -0.137. The van der Waals surface area contributed by atoms with E-state index in [0.717, 1.165) is 25.0 Å². The Morgan fingerprint density at radius 3 is 2.91 bits per heavy atom. The fraction of sp³-hybridized carbons (Fsp3) is 0.333. The molecular formula is C15H15N3O4S. The number of hydrogen-bond acceptors (Lipinski definition) is 7. The summed E-state index contributed by atoms with van der Waals surface area (Å²) in [6.07, 6.45) is 5.69. The summed E-state index contributed by atoms with van der Waals surface area (Å²) in [4.78, 5) is 20.4. The average molecular weight is 333 g/mol. The summed E-state index contributed by atoms with van der Waals surface area (Å²) >= 11 is 1.53. The Balaban J connectivity index is 1.93. The van der Waals surface area contributed by atoms with Gasteiger partial charge in [-0.2, -0.15) is 0 Å². The first-order valence-corrected chi connectivity index (χ1v) is 7.98. The number of hydrogen-bond donors (Lipinski definition) is 1. The topological polar surface area (TPSA) is 97.9 Å². The quantitative estimate of drug-likeness (QED) is 0.525. The number of aromatic hydroxyl groups is 1. The van der Waals surface area contributed by atoms with Crippen molar-refractivity contribution >= 4 is 28.4 Å². The molecule has 8 heteroatoms. The van der Waals surface area contributed by atoms with E-state index >= 15 is 0 Å². The Kier molecular flexibility index (Phi) is 4.24. The van der Waals surface area contributed by atoms with Crippen LogP contribution in [-0.2, 0) is 12.8 Å². The van der Waals surface area contributed by atoms with Crippen molar-refractivity contribution in [1.29, 1.82) is 0 Å². The van der Waals surface area contributed by atoms with Gasteiger partial charge < -0.3 is 9.84 Å². The minimum absolute atomic E-state index is 0.0408. The second-order valence-corrected chi connectivity index (χ2v) is 6.24. The van der Waals surface area contributed by atoms with Gasteiger partial charge in [0.1, 0.15) is 0 Å². The van der Waals surface area contributed by atoms with Crippen LogP contribution in [-0.4, -0.2) is 28.3 Å². The van der Waals surface area contributed by atoms with Gasteiger partial charge in [0.05, 0.1) is 23.8 Å². The molecule has 0 amide bonds. The summed E-state index contributed by atoms with van der Waals surface area (Å²) < 4.78 is 4.97. The summed E-state index contributed by atoms with van der Waals surface area (Å²) in [5.41, 5.74) is 1.15. The molecule has 7 nitrogen and oxygen atoms in total. The van der Waals surface area contributed by atoms with Crippen molar-refractivity contribution in [3.8, 4) is 11.5 Å². The van der Waals surface area contributed by atoms with E-state index in [4.69, 9.17) is 4.74 Å². The number of phenols is 1. The van der Waals surface area contributed by atoms with Gasteiger partial charge in [-0.25, -0.2) is 9.98 Å². The van der Waals surface area contributed by atoms with Gasteiger partial charge in [-0.3, -0.25) is 10.1 Å². The Morgan fingerprint density at radius 2 is 2.22 bits per heavy atom. The Bertz CT molecular complexity index is 762. The highest BCUT2D eigenvalue weighted by Gasteiger charge is 2.17. The molecule has 1 heterocycles. The third kappa shape index (κ3) is 3.16. The fourth-order valence-corrected chi connectivity index (χ4v) is 3.49. The zero-order valence-electron chi connectivity index (χ0n) is 12.5. The number of phenolic OH excluding ortho intramolecular Hbond substituents is 1. The minimum Gasteiger partial charge on any atom is -0.504 e. The van der Waals surface area contributed by atoms with Crippen molar-refractivity contribution in [1.82, 2.24) is 4.98 Å². The zero-order chi connectivity index (χ0) is 16.4. The van der Waals surface area contributed by atoms with Gasteiger partial charge in [-0.1, -0.05) is 11.3 Å². The van der Waals surface area contributed by atoms with Gasteiger partial charge >= 0.3 is 0 Å². The van der Waals surface area contributed by atoms with E-state index in [1.54, 1.807) is 0 Å². The lowest BCUT2D eigenvalue weighted by Crippen LogP contribution is -1.98. The van der Waals surface area contributed by atoms with Crippen molar-refractivity contribution in [2.75, 3.05) is 7.11 Å². The van der Waals surface area contributed by atoms with Crippen molar-refractivity contribution in [2.24, 2.45) is 4.99 Å². The van der Waals surface area contributed by atoms with E-state index in [-0.39, 0.29) is 22.7 Å². The average Bonchev–Trinajstić information content (AvgIpc) is 2.96. The van der Waals surface area contributed by atoms with Gasteiger partial charge in [0.2, 0.25) is 5.13 Å². The molecule has 0 atom stereocenters. The predicted molar refractivity (Wildman–Crippen MR) is 87.3 cm³/mol. The van der Waals surface area contributed by atoms with Gasteiger partial charge in [0.25, 0.3) is 5.69 Å². The molecular weight excluding hydrogens is 318 g/mol. The molecule has 0 fully saturated rings. The van der Waals surface area contributed by atoms with Crippen molar-refractivity contribution in [3.63, 3.8) is 0 Å². The molecule has 0 unspecified atom stereocenters. The minimum atomic E-state index is -0.540. The molecule has 1 aliphatic carbocycles. The fourth-order valence-electron chi connectivity index (χ4n) is 2.49. The van der Waals surface area contributed by atoms with Crippen LogP contribution < -0.4 is 4.74 Å². The monoisotopic (exact) mass is 333 g/mol. The standard InChI is InChI=1S/C15H15N3O4S/c1-22-12-7-10(18(20)21)6-9(14(12)19)8-16-15-17-11-4-2-3-5-13(11)23-15/h6-8,19H,2-5H2,1H3. The number of non-ortho nitro benzene ring substituents is 1. The smallest absolute Gasteiger partial charge is 0.274 e. The summed E-state index contributed by atoms with van der Waals surface area (Å²) in [5, 5.41) is 21.6. The molecule has 0 saturated carbocycles. The van der Waals surface area contributed by atoms with Gasteiger partial charge in [0, 0.05) is 22.7 Å². The molecule has 0 saturated heterocycles. The molecule has 2 aromatic rings. The molecule has 1 aliphatic rings. The van der Waals surface area contributed by atoms with Crippen molar-refractivity contribution in [3.05, 3.63) is 38.4 Å². The van der Waals surface area contributed by atoms with Crippen LogP contribution in [0.15, 0.2) is 17.1 Å². The predicted octanol–water partition coefficient (Wildman–Crippen LogP) is 3.39. The molecule has 0 spiro atoms. The van der Waals surface area contributed by atoms with Crippen LogP contribution in [0.3, 0.4) is 0 Å². The maximum absolute atomic E-state index is 11.0. The Morgan fingerprint density at radius 1 is 1.43 bits per heavy atom. The molecule has 120 valence electrons. The van der Waals surface area contributed by atoms with E-state index in [1.807, 2.05) is 0 Å². The van der Waals surface area contributed by atoms with E-state index in [9.17, 15) is 15.2 Å². The number of nitro benzene ring substituents is 1. The van der Waals surface area contributed by atoms with E-state index < -0.39 is 4.92 Å². The first kappa shape index (κ1) is 15.4. The van der Waals surface area contributed by atoms with Crippen LogP contribution in [0.25, 0.3) is 0 Å². The van der Waals surface area contributed by atoms with E-state index in [1.165, 1.54) is 48.1 Å². The molecule has 0 bridgehead atoms. The third-order valence-electron chi connectivity index (χ3n) is 3.67. The number of methoxy groups -OCH3 is 1. The van der Waals surface area contributed by atoms with Gasteiger partial charge in [0.15, 0.2) is 11.5 Å². The number of nitro groups is 1. The maximum atomic E-state index is 11.0. The van der Waals surface area contributed by atoms with Crippen LogP contribution in [0.2, 0.25) is 0 Å². The number of benzene rings is 1. The molecule has 1 aromatic carbocycles. The normalized spacial score (nSPS) is 14.0. The van der Waals surface area contributed by atoms with Gasteiger partial charge in [-0.15, -0.1) is 0 Å². The van der Waals surface area contributed by atoms with Crippen LogP contribution in [0.4, 0.5) is 10.8 Å². The highest BCUT2D eigenvalue weighted by molar-refractivity contribution is 7.15. The largest absolute Gasteiger partial charge is 0.504 e. The first-order valence-electron chi connectivity index (χ1n) is 7.16. The van der Waals surface area contributed by atoms with Gasteiger partial charge in [-0.05, 0) is 25.7 Å². The molecule has 0 radical (unpaired) electrons. The summed E-state index contributed by atoms with van der Waals surface area (Å²) in [7, 11) is 1.34. The lowest BCUT2D eigenvalue weighted by molar-refractivity contribution is -0.385. The highest BCUT2D eigenvalue weighted by Crippen LogP contribution is 2.35. The SMILES string of the molecule is COc1cc([N+](=O)[O-])cc(C=Nc2nc3c(s2)CCCC3)c1O. The maximum Gasteiger partial charge on any atom is 0.274 e. The molecule has 1 N–H and O–H groups in total. The van der Waals surface area contributed by atoms with Crippen LogP contribution >= 0.6 is 11.3 Å². The third-order valence-corrected chi connectivity index (χ3v) is 4.73. The number of aliphatic imine (C=N–C) groups is 1. The molecule has 23 heavy (non-hydrogen) atoms. The zero-order valence-corrected chi connectivity index (χ0v) is 13.3. The summed E-state index contributed by atoms with van der Waals surface area (Å²) in [6.45, 7) is 0. The number of aryl methyl sites for hydroxylation is 2. The number of ether oxygens (including phenoxy) is 1. The second kappa shape index (κ2) is 6.33. The van der Waals surface area contributed by atoms with Crippen molar-refractivity contribution in [2.45, 2.75) is 25.7 Å². The number of rotatable bonds is 4. The number of nitrogens with zero attached hydrogens (tertiary/aromatic N) is 3. The second-order valence-electron chi connectivity index (χ2n) is 5.17. The van der Waals surface area contributed by atoms with E-state index in [0.29, 0.717) is 5.13 Å². The van der Waals surface area contributed by atoms with Crippen LogP contribution in [0.5, 0.6) is 11.5 Å². The Labute approximate surface area is 136 Å². The van der Waals surface area contributed by atoms with Crippen LogP contribution in [0, 0.1) is 10.1 Å². The number of fused-ring (bicyclic) bond motifs is 1. The lowest BCUT2D eigenvalue weighted by atomic mass is 10.0. The Hall–Kier alpha value is -2.48. The summed E-state index contributed by atoms with van der Waals surface area (Å²) in [6, 6.07) is 2.43. The highest BCUT2D eigenvalue weighted by atomic mass is 32.1. The molecule has 0 aliphatic heterocycles. The van der Waals surface area contributed by atoms with Crippen LogP contribution in [0.1, 0.15) is 29.0 Å². The lowest BCUT2D eigenvalue weighted by Gasteiger charge is -2.06. The first-order chi connectivity index (χ1) is 11.1. The van der Waals surface area contributed by atoms with E-state index in [2.05, 4.69) is 9.98 Å². The number of thiazole rings is 1.